The van der Waals surface area contributed by atoms with Crippen LogP contribution in [0.2, 0.25) is 5.02 Å². The molecular formula is C39H49ClN6O5S. The fraction of sp³-hybridized carbons (Fsp3) is 0.564. The minimum absolute atomic E-state index is 0.0129. The fourth-order valence-corrected chi connectivity index (χ4v) is 10.9. The third-order valence-electron chi connectivity index (χ3n) is 11.7. The van der Waals surface area contributed by atoms with E-state index in [0.29, 0.717) is 75.4 Å². The Hall–Kier alpha value is -3.63. The summed E-state index contributed by atoms with van der Waals surface area (Å²) in [6.07, 6.45) is 9.86. The zero-order chi connectivity index (χ0) is 36.5. The molecule has 3 amide bonds. The number of anilines is 1. The van der Waals surface area contributed by atoms with Gasteiger partial charge in [0, 0.05) is 62.4 Å². The minimum Gasteiger partial charge on any atom is -0.490 e. The summed E-state index contributed by atoms with van der Waals surface area (Å²) < 4.78 is 34.3. The predicted molar refractivity (Wildman–Crippen MR) is 202 cm³/mol. The van der Waals surface area contributed by atoms with Gasteiger partial charge in [-0.2, -0.15) is 5.26 Å². The van der Waals surface area contributed by atoms with Gasteiger partial charge in [0.05, 0.1) is 36.8 Å². The maximum absolute atomic E-state index is 14.6. The number of nitrogens with one attached hydrogen (secondary N) is 1. The van der Waals surface area contributed by atoms with Gasteiger partial charge in [-0.1, -0.05) is 36.7 Å². The van der Waals surface area contributed by atoms with E-state index in [9.17, 15) is 13.8 Å². The number of urea groups is 1. The number of ether oxygens (including phenoxy) is 2. The molecular weight excluding hydrogens is 700 g/mol. The topological polar surface area (TPSA) is 128 Å². The highest BCUT2D eigenvalue weighted by Gasteiger charge is 2.44. The first kappa shape index (κ1) is 36.7. The van der Waals surface area contributed by atoms with Crippen LogP contribution < -0.4 is 14.4 Å². The molecule has 7 rings (SSSR count). The molecule has 3 aliphatic heterocycles. The molecule has 0 unspecified atom stereocenters. The predicted octanol–water partition coefficient (Wildman–Crippen LogP) is 5.82. The number of carbonyl (C=O) groups excluding carboxylic acids is 2. The van der Waals surface area contributed by atoms with Gasteiger partial charge < -0.3 is 19.3 Å². The Morgan fingerprint density at radius 1 is 1.19 bits per heavy atom. The number of methoxy groups -OCH3 is 1. The second kappa shape index (κ2) is 15.4. The molecule has 13 heteroatoms. The van der Waals surface area contributed by atoms with E-state index in [2.05, 4.69) is 44.3 Å². The molecule has 2 aromatic carbocycles. The molecule has 2 aliphatic carbocycles. The van der Waals surface area contributed by atoms with Gasteiger partial charge in [0.2, 0.25) is 0 Å². The summed E-state index contributed by atoms with van der Waals surface area (Å²) in [7, 11) is -1.75. The highest BCUT2D eigenvalue weighted by Crippen LogP contribution is 2.47. The molecule has 278 valence electrons. The highest BCUT2D eigenvalue weighted by molar-refractivity contribution is 7.92. The molecule has 1 saturated carbocycles. The normalized spacial score (nSPS) is 31.5. The van der Waals surface area contributed by atoms with Crippen molar-refractivity contribution in [3.63, 3.8) is 0 Å². The minimum atomic E-state index is -3.52. The van der Waals surface area contributed by atoms with E-state index in [-0.39, 0.29) is 23.2 Å². The smallest absolute Gasteiger partial charge is 0.329 e. The number of halogens is 1. The molecule has 2 bridgehead atoms. The molecule has 1 N–H and O–H groups in total. The number of allylic oxidation sites excluding steroid dienone is 1. The van der Waals surface area contributed by atoms with Crippen molar-refractivity contribution in [1.82, 2.24) is 14.5 Å². The Morgan fingerprint density at radius 2 is 2.02 bits per heavy atom. The average Bonchev–Trinajstić information content (AvgIpc) is 3.26. The maximum Gasteiger partial charge on any atom is 0.329 e. The van der Waals surface area contributed by atoms with Gasteiger partial charge in [-0.15, -0.1) is 4.36 Å². The number of benzene rings is 2. The lowest BCUT2D eigenvalue weighted by Crippen LogP contribution is -2.53. The standard InChI is InChI=1S/C39H49ClN6O5S/c1-27-5-3-7-35(50-2)32-11-8-30(32)23-46-25-39(14-4-6-28-21-31(40)10-12-33(28)39)26-51-36-13-9-29(22-34(36)46)37(47)42-52(49,24-27)43-38(48)45-19-17-44(16-15-41)18-20-45/h3,7,9-10,12-13,21-22,27,30,32,35H,4-6,8,11,14,16-20,23-26H2,1-2H3,(H,42,43,47,48,49)/b7-3+/t27-,30-,32+,35-,39-,52-/m0/s1. The van der Waals surface area contributed by atoms with Crippen LogP contribution >= 0.6 is 11.6 Å². The van der Waals surface area contributed by atoms with Crippen LogP contribution in [-0.2, 0) is 26.5 Å². The van der Waals surface area contributed by atoms with Gasteiger partial charge in [-0.05, 0) is 97.7 Å². The summed E-state index contributed by atoms with van der Waals surface area (Å²) in [6.45, 7) is 6.09. The number of carbonyl (C=O) groups is 2. The fourth-order valence-electron chi connectivity index (χ4n) is 8.78. The first-order chi connectivity index (χ1) is 25.1. The van der Waals surface area contributed by atoms with Crippen molar-refractivity contribution in [3.8, 4) is 11.8 Å². The van der Waals surface area contributed by atoms with E-state index < -0.39 is 21.9 Å². The Kier molecular flexibility index (Phi) is 10.9. The number of amides is 3. The summed E-state index contributed by atoms with van der Waals surface area (Å²) in [5, 5.41) is 9.80. The van der Waals surface area contributed by atoms with Crippen LogP contribution in [0.4, 0.5) is 10.5 Å². The molecule has 11 nitrogen and oxygen atoms in total. The number of rotatable bonds is 3. The Morgan fingerprint density at radius 3 is 2.77 bits per heavy atom. The second-order valence-electron chi connectivity index (χ2n) is 15.3. The van der Waals surface area contributed by atoms with Crippen LogP contribution in [-0.4, -0.2) is 97.3 Å². The van der Waals surface area contributed by atoms with Crippen molar-refractivity contribution < 1.29 is 23.3 Å². The number of hydrogen-bond acceptors (Lipinski definition) is 8. The van der Waals surface area contributed by atoms with Gasteiger partial charge in [0.1, 0.15) is 15.7 Å². The van der Waals surface area contributed by atoms with Gasteiger partial charge in [-0.25, -0.2) is 9.00 Å². The van der Waals surface area contributed by atoms with Gasteiger partial charge in [0.25, 0.3) is 5.91 Å². The molecule has 1 spiro atoms. The van der Waals surface area contributed by atoms with Gasteiger partial charge >= 0.3 is 6.03 Å². The Balaban J connectivity index is 1.25. The van der Waals surface area contributed by atoms with Gasteiger partial charge in [0.15, 0.2) is 0 Å². The van der Waals surface area contributed by atoms with E-state index in [1.165, 1.54) is 11.1 Å². The van der Waals surface area contributed by atoms with E-state index >= 15 is 0 Å². The largest absolute Gasteiger partial charge is 0.490 e. The molecule has 5 aliphatic rings. The summed E-state index contributed by atoms with van der Waals surface area (Å²) >= 11 is 6.46. The van der Waals surface area contributed by atoms with Gasteiger partial charge in [-0.3, -0.25) is 14.4 Å². The number of fused-ring (bicyclic) bond motifs is 4. The van der Waals surface area contributed by atoms with E-state index in [1.807, 2.05) is 30.0 Å². The second-order valence-corrected chi connectivity index (χ2v) is 17.7. The van der Waals surface area contributed by atoms with Crippen LogP contribution in [0.1, 0.15) is 60.5 Å². The molecule has 52 heavy (non-hydrogen) atoms. The van der Waals surface area contributed by atoms with Crippen LogP contribution in [0.15, 0.2) is 52.9 Å². The monoisotopic (exact) mass is 748 g/mol. The molecule has 0 aromatic heterocycles. The van der Waals surface area contributed by atoms with Crippen molar-refractivity contribution in [2.75, 3.05) is 70.2 Å². The highest BCUT2D eigenvalue weighted by atomic mass is 35.5. The zero-order valence-electron chi connectivity index (χ0n) is 30.1. The molecule has 2 aromatic rings. The summed E-state index contributed by atoms with van der Waals surface area (Å²) in [6, 6.07) is 13.2. The maximum atomic E-state index is 14.6. The third-order valence-corrected chi connectivity index (χ3v) is 13.9. The molecule has 2 fully saturated rings. The summed E-state index contributed by atoms with van der Waals surface area (Å²) in [5.74, 6) is 0.653. The lowest BCUT2D eigenvalue weighted by atomic mass is 9.68. The molecule has 1 saturated heterocycles. The first-order valence-corrected chi connectivity index (χ1v) is 20.6. The van der Waals surface area contributed by atoms with Crippen LogP contribution in [0.5, 0.6) is 5.75 Å². The summed E-state index contributed by atoms with van der Waals surface area (Å²) in [5.41, 5.74) is 3.39. The van der Waals surface area contributed by atoms with Crippen LogP contribution in [0.25, 0.3) is 0 Å². The molecule has 6 atom stereocenters. The summed E-state index contributed by atoms with van der Waals surface area (Å²) in [4.78, 5) is 33.5. The van der Waals surface area contributed by atoms with E-state index in [4.69, 9.17) is 26.3 Å². The van der Waals surface area contributed by atoms with Crippen LogP contribution in [0, 0.1) is 29.1 Å². The van der Waals surface area contributed by atoms with E-state index in [1.54, 1.807) is 18.1 Å². The lowest BCUT2D eigenvalue weighted by Gasteiger charge is -2.46. The number of hydrogen-bond donors (Lipinski definition) is 1. The van der Waals surface area contributed by atoms with E-state index in [0.717, 1.165) is 49.4 Å². The van der Waals surface area contributed by atoms with Crippen molar-refractivity contribution in [3.05, 3.63) is 70.3 Å². The number of aryl methyl sites for hydroxylation is 1. The molecule has 3 heterocycles. The average molecular weight is 749 g/mol. The number of piperazine rings is 1. The van der Waals surface area contributed by atoms with Crippen molar-refractivity contribution in [2.45, 2.75) is 57.0 Å². The van der Waals surface area contributed by atoms with Crippen molar-refractivity contribution in [1.29, 1.82) is 5.26 Å². The lowest BCUT2D eigenvalue weighted by molar-refractivity contribution is 0.0131. The number of nitriles is 1. The molecule has 0 radical (unpaired) electrons. The SMILES string of the molecule is CO[C@H]1/C=C/C[C@H](C)C[S@@](=O)(NC(=O)N2CCN(CC#N)CC2)=NC(=O)c2ccc3c(c2)N(C[C@@H]2CC[C@H]21)C[C@@]1(CCCc2cc(Cl)ccc21)CO3. The van der Waals surface area contributed by atoms with Crippen LogP contribution in [0.3, 0.4) is 0 Å². The van der Waals surface area contributed by atoms with Crippen molar-refractivity contribution >= 4 is 39.1 Å². The quantitative estimate of drug-likeness (QED) is 0.307. The third kappa shape index (κ3) is 7.70. The number of nitrogens with zero attached hydrogens (tertiary/aromatic N) is 5. The Labute approximate surface area is 312 Å². The zero-order valence-corrected chi connectivity index (χ0v) is 31.7. The Bertz CT molecular complexity index is 1880. The van der Waals surface area contributed by atoms with Crippen molar-refractivity contribution in [2.24, 2.45) is 22.1 Å². The first-order valence-electron chi connectivity index (χ1n) is 18.5.